The molecule has 8 nitrogen and oxygen atoms in total. The lowest BCUT2D eigenvalue weighted by Crippen LogP contribution is -2.40. The lowest BCUT2D eigenvalue weighted by molar-refractivity contribution is -0.139. The SMILES string of the molecule is COc1ccc(NC(=O)C(=O)NCC(OC)OC)c(OC)c1. The monoisotopic (exact) mass is 312 g/mol. The van der Waals surface area contributed by atoms with Crippen molar-refractivity contribution in [1.29, 1.82) is 0 Å². The molecule has 0 aliphatic rings. The lowest BCUT2D eigenvalue weighted by atomic mass is 10.2. The van der Waals surface area contributed by atoms with E-state index in [0.717, 1.165) is 0 Å². The van der Waals surface area contributed by atoms with E-state index in [2.05, 4.69) is 10.6 Å². The third-order valence-electron chi connectivity index (χ3n) is 2.82. The summed E-state index contributed by atoms with van der Waals surface area (Å²) in [7, 11) is 5.83. The minimum atomic E-state index is -0.825. The molecule has 0 saturated heterocycles. The number of amides is 2. The highest BCUT2D eigenvalue weighted by Crippen LogP contribution is 2.28. The van der Waals surface area contributed by atoms with E-state index in [9.17, 15) is 9.59 Å². The number of hydrogen-bond acceptors (Lipinski definition) is 6. The number of nitrogens with one attached hydrogen (secondary N) is 2. The Hall–Kier alpha value is -2.32. The van der Waals surface area contributed by atoms with Gasteiger partial charge in [0.1, 0.15) is 11.5 Å². The Balaban J connectivity index is 2.66. The molecule has 0 heterocycles. The molecule has 1 rings (SSSR count). The molecule has 0 aliphatic carbocycles. The van der Waals surface area contributed by atoms with Crippen LogP contribution < -0.4 is 20.1 Å². The van der Waals surface area contributed by atoms with E-state index in [-0.39, 0.29) is 6.54 Å². The highest BCUT2D eigenvalue weighted by atomic mass is 16.7. The third-order valence-corrected chi connectivity index (χ3v) is 2.82. The average Bonchev–Trinajstić information content (AvgIpc) is 2.55. The van der Waals surface area contributed by atoms with Gasteiger partial charge in [0, 0.05) is 20.3 Å². The molecule has 8 heteroatoms. The molecule has 0 fully saturated rings. The average molecular weight is 312 g/mol. The second kappa shape index (κ2) is 8.85. The fourth-order valence-corrected chi connectivity index (χ4v) is 1.60. The molecule has 1 aromatic carbocycles. The van der Waals surface area contributed by atoms with Gasteiger partial charge < -0.3 is 29.6 Å². The van der Waals surface area contributed by atoms with Crippen LogP contribution in [0.1, 0.15) is 0 Å². The first-order valence-corrected chi connectivity index (χ1v) is 6.42. The normalized spacial score (nSPS) is 10.2. The largest absolute Gasteiger partial charge is 0.497 e. The highest BCUT2D eigenvalue weighted by molar-refractivity contribution is 6.39. The van der Waals surface area contributed by atoms with E-state index < -0.39 is 18.1 Å². The molecule has 0 unspecified atom stereocenters. The summed E-state index contributed by atoms with van der Waals surface area (Å²) in [6.07, 6.45) is -0.618. The first-order chi connectivity index (χ1) is 10.5. The zero-order chi connectivity index (χ0) is 16.5. The van der Waals surface area contributed by atoms with Crippen LogP contribution in [0.2, 0.25) is 0 Å². The molecular formula is C14H20N2O6. The molecule has 0 saturated carbocycles. The van der Waals surface area contributed by atoms with Crippen molar-refractivity contribution in [2.75, 3.05) is 40.3 Å². The summed E-state index contributed by atoms with van der Waals surface area (Å²) in [6, 6.07) is 4.82. The summed E-state index contributed by atoms with van der Waals surface area (Å²) >= 11 is 0. The lowest BCUT2D eigenvalue weighted by Gasteiger charge is -2.14. The van der Waals surface area contributed by atoms with Crippen LogP contribution in [0.3, 0.4) is 0 Å². The van der Waals surface area contributed by atoms with Crippen molar-refractivity contribution in [2.24, 2.45) is 0 Å². The first-order valence-electron chi connectivity index (χ1n) is 6.42. The molecule has 0 aliphatic heterocycles. The Morgan fingerprint density at radius 1 is 1.05 bits per heavy atom. The molecular weight excluding hydrogens is 292 g/mol. The van der Waals surface area contributed by atoms with Gasteiger partial charge in [-0.15, -0.1) is 0 Å². The molecule has 0 spiro atoms. The first kappa shape index (κ1) is 17.7. The molecule has 2 N–H and O–H groups in total. The van der Waals surface area contributed by atoms with Crippen molar-refractivity contribution in [3.05, 3.63) is 18.2 Å². The zero-order valence-corrected chi connectivity index (χ0v) is 13.0. The van der Waals surface area contributed by atoms with Crippen molar-refractivity contribution >= 4 is 17.5 Å². The summed E-state index contributed by atoms with van der Waals surface area (Å²) in [6.45, 7) is 0.0546. The molecule has 0 bridgehead atoms. The van der Waals surface area contributed by atoms with E-state index in [4.69, 9.17) is 18.9 Å². The van der Waals surface area contributed by atoms with Crippen LogP contribution in [0.5, 0.6) is 11.5 Å². The fraction of sp³-hybridized carbons (Fsp3) is 0.429. The second-order valence-electron chi connectivity index (χ2n) is 4.13. The van der Waals surface area contributed by atoms with E-state index in [1.165, 1.54) is 28.4 Å². The van der Waals surface area contributed by atoms with Gasteiger partial charge in [0.2, 0.25) is 0 Å². The van der Waals surface area contributed by atoms with Crippen molar-refractivity contribution in [2.45, 2.75) is 6.29 Å². The van der Waals surface area contributed by atoms with Crippen LogP contribution in [0, 0.1) is 0 Å². The highest BCUT2D eigenvalue weighted by Gasteiger charge is 2.17. The van der Waals surface area contributed by atoms with E-state index >= 15 is 0 Å². The maximum absolute atomic E-state index is 11.8. The van der Waals surface area contributed by atoms with Crippen molar-refractivity contribution in [3.8, 4) is 11.5 Å². The molecule has 0 atom stereocenters. The fourth-order valence-electron chi connectivity index (χ4n) is 1.60. The predicted molar refractivity (Wildman–Crippen MR) is 79.0 cm³/mol. The molecule has 122 valence electrons. The molecule has 22 heavy (non-hydrogen) atoms. The predicted octanol–water partition coefficient (Wildman–Crippen LogP) is 0.377. The number of anilines is 1. The second-order valence-corrected chi connectivity index (χ2v) is 4.13. The van der Waals surface area contributed by atoms with Crippen LogP contribution in [0.25, 0.3) is 0 Å². The van der Waals surface area contributed by atoms with Gasteiger partial charge in [0.25, 0.3) is 0 Å². The van der Waals surface area contributed by atoms with Crippen molar-refractivity contribution < 1.29 is 28.5 Å². The number of rotatable bonds is 7. The van der Waals surface area contributed by atoms with Gasteiger partial charge in [-0.1, -0.05) is 0 Å². The van der Waals surface area contributed by atoms with Crippen LogP contribution in [0.4, 0.5) is 5.69 Å². The molecule has 0 aromatic heterocycles. The third kappa shape index (κ3) is 4.90. The van der Waals surface area contributed by atoms with Crippen molar-refractivity contribution in [1.82, 2.24) is 5.32 Å². The van der Waals surface area contributed by atoms with E-state index in [1.807, 2.05) is 0 Å². The minimum absolute atomic E-state index is 0.0546. The standard InChI is InChI=1S/C14H20N2O6/c1-19-9-5-6-10(11(7-9)20-2)16-14(18)13(17)15-8-12(21-3)22-4/h5-7,12H,8H2,1-4H3,(H,15,17)(H,16,18). The summed E-state index contributed by atoms with van der Waals surface area (Å²) in [5.74, 6) is -0.680. The summed E-state index contributed by atoms with van der Waals surface area (Å²) in [5.41, 5.74) is 0.360. The topological polar surface area (TPSA) is 95.1 Å². The Morgan fingerprint density at radius 2 is 1.73 bits per heavy atom. The summed E-state index contributed by atoms with van der Waals surface area (Å²) < 4.78 is 20.0. The number of hydrogen-bond donors (Lipinski definition) is 2. The Morgan fingerprint density at radius 3 is 2.27 bits per heavy atom. The van der Waals surface area contributed by atoms with Gasteiger partial charge in [0.05, 0.1) is 26.5 Å². The zero-order valence-electron chi connectivity index (χ0n) is 13.0. The smallest absolute Gasteiger partial charge is 0.313 e. The number of carbonyl (C=O) groups is 2. The minimum Gasteiger partial charge on any atom is -0.497 e. The molecule has 0 radical (unpaired) electrons. The Kier molecular flexibility index (Phi) is 7.14. The van der Waals surface area contributed by atoms with E-state index in [1.54, 1.807) is 18.2 Å². The number of benzene rings is 1. The maximum Gasteiger partial charge on any atom is 0.313 e. The van der Waals surface area contributed by atoms with Crippen LogP contribution >= 0.6 is 0 Å². The number of ether oxygens (including phenoxy) is 4. The maximum atomic E-state index is 11.8. The van der Waals surface area contributed by atoms with Crippen LogP contribution in [-0.4, -0.2) is 53.1 Å². The number of methoxy groups -OCH3 is 4. The van der Waals surface area contributed by atoms with Gasteiger partial charge in [-0.25, -0.2) is 0 Å². The van der Waals surface area contributed by atoms with Gasteiger partial charge in [-0.2, -0.15) is 0 Å². The van der Waals surface area contributed by atoms with Crippen molar-refractivity contribution in [3.63, 3.8) is 0 Å². The summed E-state index contributed by atoms with van der Waals surface area (Å²) in [5, 5.41) is 4.86. The summed E-state index contributed by atoms with van der Waals surface area (Å²) in [4.78, 5) is 23.5. The Bertz CT molecular complexity index is 516. The molecule has 2 amide bonds. The van der Waals surface area contributed by atoms with E-state index in [0.29, 0.717) is 17.2 Å². The van der Waals surface area contributed by atoms with Crippen LogP contribution in [-0.2, 0) is 19.1 Å². The Labute approximate surface area is 128 Å². The molecule has 1 aromatic rings. The van der Waals surface area contributed by atoms with Gasteiger partial charge in [-0.05, 0) is 12.1 Å². The van der Waals surface area contributed by atoms with Gasteiger partial charge in [-0.3, -0.25) is 9.59 Å². The van der Waals surface area contributed by atoms with Gasteiger partial charge >= 0.3 is 11.8 Å². The quantitative estimate of drug-likeness (QED) is 0.558. The van der Waals surface area contributed by atoms with Gasteiger partial charge in [0.15, 0.2) is 6.29 Å². The van der Waals surface area contributed by atoms with Crippen LogP contribution in [0.15, 0.2) is 18.2 Å². The number of carbonyl (C=O) groups excluding carboxylic acids is 2.